The second-order valence-electron chi connectivity index (χ2n) is 34.6. The molecule has 5 saturated heterocycles. The van der Waals surface area contributed by atoms with Gasteiger partial charge in [0.05, 0.1) is 101 Å². The van der Waals surface area contributed by atoms with Crippen molar-refractivity contribution in [1.82, 2.24) is 55.5 Å². The van der Waals surface area contributed by atoms with Gasteiger partial charge in [-0.25, -0.2) is 33.6 Å². The molecule has 4 aromatic heterocycles. The van der Waals surface area contributed by atoms with E-state index >= 15 is 0 Å². The van der Waals surface area contributed by atoms with E-state index in [0.717, 1.165) is 54.5 Å². The van der Waals surface area contributed by atoms with Crippen molar-refractivity contribution in [2.45, 2.75) is 207 Å². The second-order valence-corrected chi connectivity index (χ2v) is 35.5. The minimum absolute atomic E-state index is 0. The van der Waals surface area contributed by atoms with Gasteiger partial charge in [-0.1, -0.05) is 59.6 Å². The Morgan fingerprint density at radius 1 is 0.437 bits per heavy atom. The minimum atomic E-state index is -0.790. The molecule has 0 aliphatic carbocycles. The molecule has 5 fully saturated rings. The lowest BCUT2D eigenvalue weighted by Gasteiger charge is -2.21. The van der Waals surface area contributed by atoms with E-state index in [1.54, 1.807) is 103 Å². The van der Waals surface area contributed by atoms with Gasteiger partial charge in [0.15, 0.2) is 22.3 Å². The summed E-state index contributed by atoms with van der Waals surface area (Å²) in [7, 11) is 0. The van der Waals surface area contributed by atoms with Crippen LogP contribution in [-0.2, 0) is 108 Å². The summed E-state index contributed by atoms with van der Waals surface area (Å²) in [6.07, 6.45) is 11.1. The maximum atomic E-state index is 12.4. The number of hydrogen-bond acceptors (Lipinski definition) is 32. The molecule has 11 amide bonds. The highest BCUT2D eigenvalue weighted by molar-refractivity contribution is 9.10. The normalized spacial score (nSPS) is 16.3. The van der Waals surface area contributed by atoms with Crippen molar-refractivity contribution in [3.63, 3.8) is 0 Å². The molecule has 780 valence electrons. The standard InChI is InChI=1S/C24H33N3O8.C24H29N3O8.C19H25N3O6.C12H9BrN2O4.C12H21NO4.C4H8O.C2H6.ClH/c2*1-24(2,3)35-22(30)25-10-12-33-14-13-32-11-4-5-16-6-7-17-19(15-16)34-23(31)27(17)18-8-9-20(28)26-21(18)29;20-7-9-27-11-10-26-8-1-2-13-3-4-14-16(12-13)28-19(25)22(14)15-5-6-17(23)21-18(15)24;13-6-1-2-7-9(5-6)19-12(18)15(7)8-3-4-10(16)14-11(8)17;1-5-7-15-9-10-16-8-6-13-11(14)17-12(2,3)4;1-2-4-5-3-1;1-2;/h6-7,15,18H,4-5,8-14H2,1-3H3,(H,25,30)(H,26,28,29);6-7,15,18H,8-14H2,1-3H3,(H,25,30)(H,26,28,29);3-4,12,15H,1-2,5-11,20H2,(H,21,23,24);1-2,5,8H,3-4H2,(H,14,16,17);1H,6-10H2,2-4H3,(H,13,14);1-4H2;1-2H3;1H/i;;;;;;1D;. The van der Waals surface area contributed by atoms with Gasteiger partial charge in [-0.2, -0.15) is 0 Å². The number of carbonyl (C=O) groups is 11. The highest BCUT2D eigenvalue weighted by Gasteiger charge is 2.36. The molecule has 9 heterocycles. The average Bonchev–Trinajstić information content (AvgIpc) is 1.65. The van der Waals surface area contributed by atoms with Crippen molar-refractivity contribution in [2.75, 3.05) is 145 Å². The zero-order chi connectivity index (χ0) is 104. The lowest BCUT2D eigenvalue weighted by molar-refractivity contribution is -0.137. The van der Waals surface area contributed by atoms with Crippen LogP contribution in [0.1, 0.15) is 195 Å². The Labute approximate surface area is 836 Å². The summed E-state index contributed by atoms with van der Waals surface area (Å²) in [5, 5.41) is 16.8. The Bertz CT molecular complexity index is 5850. The molecule has 0 radical (unpaired) electrons. The van der Waals surface area contributed by atoms with E-state index < -0.39 is 106 Å². The summed E-state index contributed by atoms with van der Waals surface area (Å²) in [4.78, 5) is 176. The molecule has 4 atom stereocenters. The van der Waals surface area contributed by atoms with Crippen LogP contribution in [0.5, 0.6) is 0 Å². The van der Waals surface area contributed by atoms with E-state index in [1.165, 1.54) is 31.1 Å². The van der Waals surface area contributed by atoms with Crippen LogP contribution >= 0.6 is 28.3 Å². The topological polar surface area (TPSA) is 549 Å². The molecular weight excluding hydrogens is 1940 g/mol. The van der Waals surface area contributed by atoms with Crippen molar-refractivity contribution in [3.8, 4) is 24.2 Å². The Morgan fingerprint density at radius 2 is 0.739 bits per heavy atom. The number of imide groups is 4. The molecule has 45 heteroatoms. The van der Waals surface area contributed by atoms with Gasteiger partial charge in [0.25, 0.3) is 0 Å². The van der Waals surface area contributed by atoms with Crippen molar-refractivity contribution in [2.24, 2.45) is 5.73 Å². The van der Waals surface area contributed by atoms with E-state index in [1.807, 2.05) is 39.0 Å². The number of hydrogen-bond donors (Lipinski definition) is 8. The SMILES string of the molecule is C#CCOCCOCCNC(=O)OC(C)(C)C.C1CCOC1.CC(C)(C)OC(=O)NCCOCCOCC#Cc1ccc2c(c1)oc(=O)n2C1CCC(=O)NC1=O.CC(C)(C)OC(=O)NCCOCCOCCCc1ccc2c(c1)oc(=O)n2C1CCC(=O)NC1=O.Cl.NCCOCCOCCCc1ccc2c(c1)oc(=O)n2C1CCC(=O)NC1=O.O=C1CCC(n2c(=O)oc3cc(Br)ccc32)C(=O)N1.[2H]CC. The Hall–Kier alpha value is -12.2. The molecule has 0 spiro atoms. The van der Waals surface area contributed by atoms with E-state index in [2.05, 4.69) is 70.9 Å². The molecular formula is C97H132BrClN12O31. The maximum absolute atomic E-state index is 12.4. The number of halogens is 2. The zero-order valence-electron chi connectivity index (χ0n) is 82.8. The summed E-state index contributed by atoms with van der Waals surface area (Å²) >= 11 is 3.29. The third kappa shape index (κ3) is 41.8. The number of carbonyl (C=O) groups excluding carboxylic acids is 11. The number of nitrogens with two attached hydrogens (primary N) is 1. The molecule has 5 aliphatic rings. The lowest BCUT2D eigenvalue weighted by Crippen LogP contribution is -2.43. The first-order valence-electron chi connectivity index (χ1n) is 47.1. The number of fused-ring (bicyclic) bond motifs is 4. The van der Waals surface area contributed by atoms with Crippen LogP contribution in [0.25, 0.3) is 44.4 Å². The maximum Gasteiger partial charge on any atom is 0.420 e. The number of benzene rings is 4. The number of rotatable bonds is 37. The number of terminal acetylenes is 1. The first-order chi connectivity index (χ1) is 67.8. The summed E-state index contributed by atoms with van der Waals surface area (Å²) < 4.78 is 96.2. The molecule has 0 saturated carbocycles. The van der Waals surface area contributed by atoms with Gasteiger partial charge >= 0.3 is 41.3 Å². The molecule has 4 unspecified atom stereocenters. The van der Waals surface area contributed by atoms with Crippen molar-refractivity contribution in [3.05, 3.63) is 136 Å². The van der Waals surface area contributed by atoms with Gasteiger partial charge in [0, 0.05) is 89.7 Å². The highest BCUT2D eigenvalue weighted by Crippen LogP contribution is 2.30. The molecule has 0 bridgehead atoms. The van der Waals surface area contributed by atoms with Gasteiger partial charge in [0.2, 0.25) is 47.3 Å². The van der Waals surface area contributed by atoms with Gasteiger partial charge in [-0.05, 0) is 198 Å². The van der Waals surface area contributed by atoms with Gasteiger partial charge in [-0.3, -0.25) is 77.9 Å². The van der Waals surface area contributed by atoms with Gasteiger partial charge < -0.3 is 96.2 Å². The Morgan fingerprint density at radius 3 is 1.06 bits per heavy atom. The monoisotopic (exact) mass is 2080 g/mol. The third-order valence-electron chi connectivity index (χ3n) is 20.1. The minimum Gasteiger partial charge on any atom is -0.444 e. The van der Waals surface area contributed by atoms with Crippen molar-refractivity contribution < 1.29 is 129 Å². The van der Waals surface area contributed by atoms with E-state index in [4.69, 9.17) is 88.0 Å². The lowest BCUT2D eigenvalue weighted by atomic mass is 10.1. The second kappa shape index (κ2) is 61.6. The van der Waals surface area contributed by atoms with E-state index in [0.29, 0.717) is 189 Å². The Kier molecular flexibility index (Phi) is 50.7. The number of oxazole rings is 4. The van der Waals surface area contributed by atoms with E-state index in [9.17, 15) is 71.9 Å². The van der Waals surface area contributed by atoms with Gasteiger partial charge in [0.1, 0.15) is 54.2 Å². The smallest absolute Gasteiger partial charge is 0.420 e. The fraction of sp³-hybridized carbons (Fsp3) is 0.557. The number of nitrogens with one attached hydrogen (secondary N) is 7. The number of ether oxygens (including phenoxy) is 12. The van der Waals surface area contributed by atoms with Crippen LogP contribution in [0.2, 0.25) is 0 Å². The van der Waals surface area contributed by atoms with Crippen LogP contribution in [0.15, 0.2) is 114 Å². The largest absolute Gasteiger partial charge is 0.444 e. The highest BCUT2D eigenvalue weighted by atomic mass is 79.9. The number of alkyl carbamates (subject to hydrolysis) is 3. The van der Waals surface area contributed by atoms with Crippen LogP contribution in [0.4, 0.5) is 14.4 Å². The molecule has 4 aromatic carbocycles. The summed E-state index contributed by atoms with van der Waals surface area (Å²) in [5.74, 6) is 2.41. The fourth-order valence-corrected chi connectivity index (χ4v) is 14.3. The van der Waals surface area contributed by atoms with Crippen LogP contribution < -0.4 is 66.0 Å². The Balaban J connectivity index is 0.000000273. The van der Waals surface area contributed by atoms with Crippen molar-refractivity contribution >= 4 is 138 Å². The molecule has 142 heavy (non-hydrogen) atoms. The molecule has 5 aliphatic heterocycles. The van der Waals surface area contributed by atoms with Crippen molar-refractivity contribution in [1.29, 1.82) is 0 Å². The van der Waals surface area contributed by atoms with Crippen LogP contribution in [-0.4, -0.2) is 246 Å². The molecule has 9 N–H and O–H groups in total. The average molecular weight is 2080 g/mol. The predicted octanol–water partition coefficient (Wildman–Crippen LogP) is 8.80. The number of amides is 11. The quantitative estimate of drug-likeness (QED) is 0.00780. The number of aromatic nitrogens is 4. The first kappa shape index (κ1) is 117. The van der Waals surface area contributed by atoms with Crippen LogP contribution in [0.3, 0.4) is 0 Å². The molecule has 13 rings (SSSR count). The number of piperidine rings is 4. The molecule has 43 nitrogen and oxygen atoms in total. The summed E-state index contributed by atoms with van der Waals surface area (Å²) in [6.45, 7) is 28.9. The van der Waals surface area contributed by atoms with Crippen LogP contribution in [0, 0.1) is 24.2 Å². The number of aryl methyl sites for hydroxylation is 2. The van der Waals surface area contributed by atoms with E-state index in [-0.39, 0.29) is 87.6 Å². The predicted molar refractivity (Wildman–Crippen MR) is 525 cm³/mol. The van der Waals surface area contributed by atoms with Gasteiger partial charge in [-0.15, -0.1) is 18.8 Å². The number of nitrogens with zero attached hydrogens (tertiary/aromatic N) is 4. The summed E-state index contributed by atoms with van der Waals surface area (Å²) in [5.41, 5.74) is 10.0. The molecule has 8 aromatic rings. The fourth-order valence-electron chi connectivity index (χ4n) is 13.9. The first-order valence-corrected chi connectivity index (χ1v) is 47.2. The third-order valence-corrected chi connectivity index (χ3v) is 20.5. The summed E-state index contributed by atoms with van der Waals surface area (Å²) in [6, 6.07) is 18.1. The zero-order valence-corrected chi connectivity index (χ0v) is 84.2.